The monoisotopic (exact) mass is 392 g/mol. The number of nitrogens with one attached hydrogen (secondary N) is 2. The van der Waals surface area contributed by atoms with Crippen molar-refractivity contribution in [1.29, 1.82) is 0 Å². The minimum absolute atomic E-state index is 0.00687. The van der Waals surface area contributed by atoms with E-state index in [9.17, 15) is 13.2 Å². The average molecular weight is 393 g/mol. The van der Waals surface area contributed by atoms with Gasteiger partial charge in [-0.1, -0.05) is 0 Å². The number of carboxylic acid groups (broad SMARTS) is 1. The van der Waals surface area contributed by atoms with Crippen molar-refractivity contribution in [3.05, 3.63) is 37.7 Å². The Balaban J connectivity index is 2.32. The van der Waals surface area contributed by atoms with Crippen molar-refractivity contribution in [3.8, 4) is 0 Å². The summed E-state index contributed by atoms with van der Waals surface area (Å²) in [5, 5.41) is 10.9. The smallest absolute Gasteiger partial charge is 0.352 e. The van der Waals surface area contributed by atoms with Crippen LogP contribution in [0.3, 0.4) is 0 Å². The van der Waals surface area contributed by atoms with Gasteiger partial charge in [0.05, 0.1) is 0 Å². The number of halogens is 1. The third-order valence-electron chi connectivity index (χ3n) is 2.97. The number of carbonyl (C=O) groups is 1. The van der Waals surface area contributed by atoms with Crippen LogP contribution in [0.2, 0.25) is 0 Å². The van der Waals surface area contributed by atoms with E-state index in [1.54, 1.807) is 0 Å². The molecule has 3 N–H and O–H groups in total. The van der Waals surface area contributed by atoms with Gasteiger partial charge in [0.1, 0.15) is 10.6 Å². The largest absolute Gasteiger partial charge is 0.477 e. The first kappa shape index (κ1) is 16.2. The standard InChI is InChI=1S/C12H13BrN2O4S2/c1-6-10(12(16)17)15-7(2)11(6)21(18,19)14-5-9-8(13)3-4-20-9/h3-4,14-15H,5H2,1-2H3,(H,16,17). The highest BCUT2D eigenvalue weighted by Gasteiger charge is 2.26. The highest BCUT2D eigenvalue weighted by atomic mass is 79.9. The van der Waals surface area contributed by atoms with Gasteiger partial charge in [-0.25, -0.2) is 17.9 Å². The van der Waals surface area contributed by atoms with Gasteiger partial charge >= 0.3 is 5.97 Å². The molecule has 0 spiro atoms. The molecule has 9 heteroatoms. The normalized spacial score (nSPS) is 11.8. The molecule has 0 amide bonds. The lowest BCUT2D eigenvalue weighted by Gasteiger charge is -2.07. The highest BCUT2D eigenvalue weighted by Crippen LogP contribution is 2.25. The van der Waals surface area contributed by atoms with E-state index in [-0.39, 0.29) is 22.7 Å². The van der Waals surface area contributed by atoms with Crippen LogP contribution in [0, 0.1) is 13.8 Å². The van der Waals surface area contributed by atoms with Crippen LogP contribution in [-0.2, 0) is 16.6 Å². The van der Waals surface area contributed by atoms with Gasteiger partial charge in [0.2, 0.25) is 10.0 Å². The number of aryl methyl sites for hydroxylation is 1. The second-order valence-electron chi connectivity index (χ2n) is 4.40. The topological polar surface area (TPSA) is 99.3 Å². The molecule has 114 valence electrons. The summed E-state index contributed by atoms with van der Waals surface area (Å²) >= 11 is 4.76. The Hall–Kier alpha value is -1.16. The van der Waals surface area contributed by atoms with Gasteiger partial charge in [0.15, 0.2) is 0 Å². The van der Waals surface area contributed by atoms with Gasteiger partial charge in [-0.3, -0.25) is 0 Å². The molecule has 2 aromatic rings. The van der Waals surface area contributed by atoms with Gasteiger partial charge in [-0.05, 0) is 41.2 Å². The van der Waals surface area contributed by atoms with Gasteiger partial charge < -0.3 is 10.1 Å². The first-order valence-electron chi connectivity index (χ1n) is 5.88. The number of carboxylic acids is 1. The third-order valence-corrected chi connectivity index (χ3v) is 6.57. The lowest BCUT2D eigenvalue weighted by atomic mass is 10.2. The molecule has 0 aromatic carbocycles. The van der Waals surface area contributed by atoms with Crippen LogP contribution < -0.4 is 4.72 Å². The minimum Gasteiger partial charge on any atom is -0.477 e. The Morgan fingerprint density at radius 3 is 2.62 bits per heavy atom. The molecule has 6 nitrogen and oxygen atoms in total. The molecule has 0 bridgehead atoms. The second kappa shape index (κ2) is 5.91. The number of sulfonamides is 1. The second-order valence-corrected chi connectivity index (χ2v) is 7.96. The number of thiophene rings is 1. The van der Waals surface area contributed by atoms with Crippen molar-refractivity contribution < 1.29 is 18.3 Å². The van der Waals surface area contributed by atoms with Crippen LogP contribution in [0.4, 0.5) is 0 Å². The molecular formula is C12H13BrN2O4S2. The number of hydrogen-bond acceptors (Lipinski definition) is 4. The SMILES string of the molecule is Cc1[nH]c(C(=O)O)c(C)c1S(=O)(=O)NCc1sccc1Br. The highest BCUT2D eigenvalue weighted by molar-refractivity contribution is 9.10. The van der Waals surface area contributed by atoms with E-state index >= 15 is 0 Å². The first-order chi connectivity index (χ1) is 9.74. The maximum Gasteiger partial charge on any atom is 0.352 e. The molecule has 0 unspecified atom stereocenters. The number of H-pyrrole nitrogens is 1. The number of rotatable bonds is 5. The number of hydrogen-bond donors (Lipinski definition) is 3. The van der Waals surface area contributed by atoms with Crippen molar-refractivity contribution >= 4 is 43.3 Å². The minimum atomic E-state index is -3.79. The van der Waals surface area contributed by atoms with E-state index in [0.29, 0.717) is 5.69 Å². The van der Waals surface area contributed by atoms with Crippen LogP contribution in [-0.4, -0.2) is 24.5 Å². The molecular weight excluding hydrogens is 380 g/mol. The zero-order valence-electron chi connectivity index (χ0n) is 11.2. The van der Waals surface area contributed by atoms with Crippen molar-refractivity contribution in [1.82, 2.24) is 9.71 Å². The third kappa shape index (κ3) is 3.20. The predicted octanol–water partition coefficient (Wildman–Crippen LogP) is 2.63. The molecule has 0 radical (unpaired) electrons. The summed E-state index contributed by atoms with van der Waals surface area (Å²) in [6.45, 7) is 3.16. The van der Waals surface area contributed by atoms with Crippen molar-refractivity contribution in [2.24, 2.45) is 0 Å². The van der Waals surface area contributed by atoms with E-state index in [0.717, 1.165) is 9.35 Å². The quantitative estimate of drug-likeness (QED) is 0.727. The molecule has 0 atom stereocenters. The van der Waals surface area contributed by atoms with Crippen LogP contribution in [0.1, 0.15) is 26.6 Å². The van der Waals surface area contributed by atoms with Crippen LogP contribution in [0.25, 0.3) is 0 Å². The number of aromatic nitrogens is 1. The van der Waals surface area contributed by atoms with E-state index in [2.05, 4.69) is 25.6 Å². The van der Waals surface area contributed by atoms with Gasteiger partial charge in [0, 0.05) is 27.2 Å². The molecule has 0 aliphatic carbocycles. The van der Waals surface area contributed by atoms with E-state index < -0.39 is 16.0 Å². The molecule has 21 heavy (non-hydrogen) atoms. The predicted molar refractivity (Wildman–Crippen MR) is 83.3 cm³/mol. The molecule has 2 aromatic heterocycles. The Kier molecular flexibility index (Phi) is 4.57. The van der Waals surface area contributed by atoms with Gasteiger partial charge in [-0.15, -0.1) is 11.3 Å². The average Bonchev–Trinajstić information content (AvgIpc) is 2.91. The summed E-state index contributed by atoms with van der Waals surface area (Å²) in [5.41, 5.74) is 0.408. The van der Waals surface area contributed by atoms with E-state index in [1.165, 1.54) is 25.2 Å². The molecule has 0 aliphatic heterocycles. The fourth-order valence-electron chi connectivity index (χ4n) is 2.03. The first-order valence-corrected chi connectivity index (χ1v) is 9.03. The van der Waals surface area contributed by atoms with Crippen LogP contribution in [0.15, 0.2) is 20.8 Å². The summed E-state index contributed by atoms with van der Waals surface area (Å²) in [6.07, 6.45) is 0. The molecule has 2 rings (SSSR count). The van der Waals surface area contributed by atoms with Crippen molar-refractivity contribution in [3.63, 3.8) is 0 Å². The Bertz CT molecular complexity index is 792. The molecule has 0 fully saturated rings. The summed E-state index contributed by atoms with van der Waals surface area (Å²) in [7, 11) is -3.79. The van der Waals surface area contributed by atoms with Crippen LogP contribution in [0.5, 0.6) is 0 Å². The van der Waals surface area contributed by atoms with Crippen molar-refractivity contribution in [2.75, 3.05) is 0 Å². The molecule has 0 saturated heterocycles. The summed E-state index contributed by atoms with van der Waals surface area (Å²) < 4.78 is 28.1. The lowest BCUT2D eigenvalue weighted by molar-refractivity contribution is 0.0690. The van der Waals surface area contributed by atoms with E-state index in [4.69, 9.17) is 5.11 Å². The zero-order chi connectivity index (χ0) is 15.8. The fraction of sp³-hybridized carbons (Fsp3) is 0.250. The Labute approximate surface area is 134 Å². The number of aromatic amines is 1. The molecule has 0 aliphatic rings. The van der Waals surface area contributed by atoms with Gasteiger partial charge in [0.25, 0.3) is 0 Å². The van der Waals surface area contributed by atoms with Gasteiger partial charge in [-0.2, -0.15) is 0 Å². The zero-order valence-corrected chi connectivity index (χ0v) is 14.4. The molecule has 2 heterocycles. The summed E-state index contributed by atoms with van der Waals surface area (Å²) in [5.74, 6) is -1.18. The fourth-order valence-corrected chi connectivity index (χ4v) is 5.00. The summed E-state index contributed by atoms with van der Waals surface area (Å²) in [4.78, 5) is 14.5. The number of aromatic carboxylic acids is 1. The van der Waals surface area contributed by atoms with Crippen LogP contribution >= 0.6 is 27.3 Å². The Morgan fingerprint density at radius 2 is 2.14 bits per heavy atom. The summed E-state index contributed by atoms with van der Waals surface area (Å²) in [6, 6.07) is 1.84. The van der Waals surface area contributed by atoms with Crippen molar-refractivity contribution in [2.45, 2.75) is 25.3 Å². The maximum atomic E-state index is 12.4. The molecule has 0 saturated carbocycles. The maximum absolute atomic E-state index is 12.4. The van der Waals surface area contributed by atoms with E-state index in [1.807, 2.05) is 11.4 Å². The Morgan fingerprint density at radius 1 is 1.48 bits per heavy atom. The lowest BCUT2D eigenvalue weighted by Crippen LogP contribution is -2.24.